The molecule has 0 N–H and O–H groups in total. The summed E-state index contributed by atoms with van der Waals surface area (Å²) in [5.41, 5.74) is 0.498. The highest BCUT2D eigenvalue weighted by molar-refractivity contribution is 6.30. The van der Waals surface area contributed by atoms with Crippen molar-refractivity contribution < 1.29 is 4.86 Å². The maximum Gasteiger partial charge on any atom is 0.244 e. The molecular formula is C9H11ClN2O. The first-order chi connectivity index (χ1) is 6.09. The second-order valence-corrected chi connectivity index (χ2v) is 3.40. The summed E-state index contributed by atoms with van der Waals surface area (Å²) < 4.78 is 0. The number of halogens is 1. The van der Waals surface area contributed by atoms with Gasteiger partial charge in [0.15, 0.2) is 0 Å². The Labute approximate surface area is 82.2 Å². The van der Waals surface area contributed by atoms with Crippen LogP contribution in [0.4, 0.5) is 5.69 Å². The van der Waals surface area contributed by atoms with Gasteiger partial charge in [-0.25, -0.2) is 0 Å². The SMILES string of the molecule is CC(C)N=[N+]([O-])c1ccc(Cl)cc1. The molecule has 0 fully saturated rings. The minimum Gasteiger partial charge on any atom is -0.594 e. The van der Waals surface area contributed by atoms with Gasteiger partial charge in [0, 0.05) is 17.2 Å². The molecule has 1 aromatic carbocycles. The van der Waals surface area contributed by atoms with Crippen LogP contribution < -0.4 is 0 Å². The lowest BCUT2D eigenvalue weighted by Gasteiger charge is -2.00. The molecule has 0 aromatic heterocycles. The zero-order valence-corrected chi connectivity index (χ0v) is 8.32. The van der Waals surface area contributed by atoms with Gasteiger partial charge in [-0.2, -0.15) is 0 Å². The van der Waals surface area contributed by atoms with Crippen LogP contribution in [0, 0.1) is 5.21 Å². The van der Waals surface area contributed by atoms with Crippen LogP contribution in [0.1, 0.15) is 13.8 Å². The quantitative estimate of drug-likeness (QED) is 0.408. The standard InChI is InChI=1S/C9H11ClN2O/c1-7(2)11-12(13)9-5-3-8(10)4-6-9/h3-7H,1-2H3. The van der Waals surface area contributed by atoms with Gasteiger partial charge in [-0.1, -0.05) is 16.5 Å². The maximum atomic E-state index is 11.3. The van der Waals surface area contributed by atoms with Gasteiger partial charge < -0.3 is 5.21 Å². The zero-order chi connectivity index (χ0) is 9.84. The van der Waals surface area contributed by atoms with Crippen molar-refractivity contribution in [2.45, 2.75) is 19.9 Å². The third kappa shape index (κ3) is 3.03. The van der Waals surface area contributed by atoms with Crippen molar-refractivity contribution in [1.29, 1.82) is 0 Å². The van der Waals surface area contributed by atoms with E-state index in [0.29, 0.717) is 15.6 Å². The molecule has 0 amide bonds. The van der Waals surface area contributed by atoms with Crippen molar-refractivity contribution in [3.8, 4) is 0 Å². The number of nitrogens with zero attached hydrogens (tertiary/aromatic N) is 2. The zero-order valence-electron chi connectivity index (χ0n) is 7.57. The van der Waals surface area contributed by atoms with E-state index >= 15 is 0 Å². The van der Waals surface area contributed by atoms with Crippen LogP contribution in [-0.2, 0) is 0 Å². The fourth-order valence-electron chi connectivity index (χ4n) is 0.845. The topological polar surface area (TPSA) is 38.4 Å². The van der Waals surface area contributed by atoms with Crippen LogP contribution >= 0.6 is 11.6 Å². The van der Waals surface area contributed by atoms with Crippen molar-refractivity contribution >= 4 is 17.3 Å². The first kappa shape index (κ1) is 9.99. The van der Waals surface area contributed by atoms with E-state index in [-0.39, 0.29) is 6.04 Å². The molecule has 0 saturated carbocycles. The first-order valence-corrected chi connectivity index (χ1v) is 4.41. The first-order valence-electron chi connectivity index (χ1n) is 4.03. The molecular weight excluding hydrogens is 188 g/mol. The van der Waals surface area contributed by atoms with Crippen LogP contribution in [0.3, 0.4) is 0 Å². The van der Waals surface area contributed by atoms with Crippen molar-refractivity contribution in [2.75, 3.05) is 0 Å². The van der Waals surface area contributed by atoms with Crippen molar-refractivity contribution in [3.05, 3.63) is 34.5 Å². The van der Waals surface area contributed by atoms with Crippen LogP contribution in [-0.4, -0.2) is 10.9 Å². The average molecular weight is 199 g/mol. The van der Waals surface area contributed by atoms with Gasteiger partial charge >= 0.3 is 0 Å². The molecule has 0 aliphatic heterocycles. The van der Waals surface area contributed by atoms with Crippen LogP contribution in [0.25, 0.3) is 0 Å². The molecule has 0 spiro atoms. The lowest BCUT2D eigenvalue weighted by atomic mass is 10.3. The monoisotopic (exact) mass is 198 g/mol. The van der Waals surface area contributed by atoms with Gasteiger partial charge in [-0.15, -0.1) is 0 Å². The molecule has 0 radical (unpaired) electrons. The van der Waals surface area contributed by atoms with Gasteiger partial charge in [0.2, 0.25) is 5.69 Å². The third-order valence-corrected chi connectivity index (χ3v) is 1.64. The predicted molar refractivity (Wildman–Crippen MR) is 52.3 cm³/mol. The molecule has 0 heterocycles. The second-order valence-electron chi connectivity index (χ2n) is 2.96. The Morgan fingerprint density at radius 2 is 1.85 bits per heavy atom. The highest BCUT2D eigenvalue weighted by atomic mass is 35.5. The molecule has 70 valence electrons. The second kappa shape index (κ2) is 4.23. The van der Waals surface area contributed by atoms with E-state index in [4.69, 9.17) is 11.6 Å². The Balaban J connectivity index is 2.89. The summed E-state index contributed by atoms with van der Waals surface area (Å²) in [6.07, 6.45) is 0. The van der Waals surface area contributed by atoms with Crippen LogP contribution in [0.2, 0.25) is 5.02 Å². The Bertz CT molecular complexity index is 306. The van der Waals surface area contributed by atoms with E-state index in [1.54, 1.807) is 24.3 Å². The number of benzene rings is 1. The molecule has 1 rings (SSSR count). The minimum absolute atomic E-state index is 0.00632. The van der Waals surface area contributed by atoms with E-state index in [1.807, 2.05) is 13.8 Å². The lowest BCUT2D eigenvalue weighted by molar-refractivity contribution is -0.445. The van der Waals surface area contributed by atoms with Crippen molar-refractivity contribution in [1.82, 2.24) is 0 Å². The van der Waals surface area contributed by atoms with Gasteiger partial charge in [-0.05, 0) is 31.1 Å². The van der Waals surface area contributed by atoms with Crippen molar-refractivity contribution in [2.24, 2.45) is 5.11 Å². The fraction of sp³-hybridized carbons (Fsp3) is 0.333. The van der Waals surface area contributed by atoms with E-state index in [0.717, 1.165) is 0 Å². The van der Waals surface area contributed by atoms with E-state index in [9.17, 15) is 5.21 Å². The smallest absolute Gasteiger partial charge is 0.244 e. The molecule has 0 saturated heterocycles. The highest BCUT2D eigenvalue weighted by Crippen LogP contribution is 2.16. The van der Waals surface area contributed by atoms with E-state index in [1.165, 1.54) is 0 Å². The van der Waals surface area contributed by atoms with Gasteiger partial charge in [0.25, 0.3) is 0 Å². The Morgan fingerprint density at radius 3 is 2.31 bits per heavy atom. The van der Waals surface area contributed by atoms with Crippen molar-refractivity contribution in [3.63, 3.8) is 0 Å². The summed E-state index contributed by atoms with van der Waals surface area (Å²) in [7, 11) is 0. The fourth-order valence-corrected chi connectivity index (χ4v) is 0.971. The molecule has 1 aromatic rings. The van der Waals surface area contributed by atoms with Crippen LogP contribution in [0.15, 0.2) is 29.4 Å². The minimum atomic E-state index is -0.00632. The molecule has 0 unspecified atom stereocenters. The van der Waals surface area contributed by atoms with E-state index in [2.05, 4.69) is 5.11 Å². The highest BCUT2D eigenvalue weighted by Gasteiger charge is 2.03. The summed E-state index contributed by atoms with van der Waals surface area (Å²) in [6, 6.07) is 6.60. The Kier molecular flexibility index (Phi) is 3.25. The average Bonchev–Trinajstić information content (AvgIpc) is 2.04. The lowest BCUT2D eigenvalue weighted by Crippen LogP contribution is -1.97. The van der Waals surface area contributed by atoms with Gasteiger partial charge in [0.1, 0.15) is 6.04 Å². The summed E-state index contributed by atoms with van der Waals surface area (Å²) in [5, 5.41) is 15.7. The Morgan fingerprint density at radius 1 is 1.31 bits per heavy atom. The molecule has 0 bridgehead atoms. The number of hydrogen-bond acceptors (Lipinski definition) is 2. The van der Waals surface area contributed by atoms with Gasteiger partial charge in [0.05, 0.1) is 0 Å². The summed E-state index contributed by atoms with van der Waals surface area (Å²) in [4.78, 5) is 0.612. The molecule has 0 aliphatic rings. The summed E-state index contributed by atoms with van der Waals surface area (Å²) >= 11 is 5.67. The summed E-state index contributed by atoms with van der Waals surface area (Å²) in [5.74, 6) is 0. The number of azo groups is 1. The van der Waals surface area contributed by atoms with Gasteiger partial charge in [-0.3, -0.25) is 0 Å². The predicted octanol–water partition coefficient (Wildman–Crippen LogP) is 3.34. The normalized spacial score (nSPS) is 12.2. The molecule has 13 heavy (non-hydrogen) atoms. The summed E-state index contributed by atoms with van der Waals surface area (Å²) in [6.45, 7) is 3.70. The molecule has 4 heteroatoms. The van der Waals surface area contributed by atoms with Crippen LogP contribution in [0.5, 0.6) is 0 Å². The third-order valence-electron chi connectivity index (χ3n) is 1.38. The molecule has 3 nitrogen and oxygen atoms in total. The number of hydrogen-bond donors (Lipinski definition) is 0. The molecule has 0 atom stereocenters. The number of rotatable bonds is 2. The largest absolute Gasteiger partial charge is 0.594 e. The maximum absolute atomic E-state index is 11.3. The molecule has 0 aliphatic carbocycles. The van der Waals surface area contributed by atoms with E-state index < -0.39 is 0 Å². The Hall–Kier alpha value is -1.09.